The molecular formula is C32H38FN3O4S. The summed E-state index contributed by atoms with van der Waals surface area (Å²) in [5, 5.41) is 3.11. The number of hydrogen-bond donors (Lipinski definition) is 1. The average molecular weight is 580 g/mol. The van der Waals surface area contributed by atoms with Crippen molar-refractivity contribution >= 4 is 27.5 Å². The maximum atomic E-state index is 14.9. The molecule has 0 aliphatic heterocycles. The largest absolute Gasteiger partial charge is 0.352 e. The van der Waals surface area contributed by atoms with Gasteiger partial charge in [-0.05, 0) is 61.6 Å². The van der Waals surface area contributed by atoms with E-state index in [-0.39, 0.29) is 30.5 Å². The van der Waals surface area contributed by atoms with Crippen LogP contribution < -0.4 is 9.62 Å². The summed E-state index contributed by atoms with van der Waals surface area (Å²) in [5.74, 6) is -1.43. The fourth-order valence-corrected chi connectivity index (χ4v) is 6.27. The van der Waals surface area contributed by atoms with Crippen molar-refractivity contribution in [2.75, 3.05) is 17.1 Å². The molecule has 1 fully saturated rings. The number of halogens is 1. The van der Waals surface area contributed by atoms with Gasteiger partial charge in [0.05, 0.1) is 11.9 Å². The van der Waals surface area contributed by atoms with E-state index in [1.807, 2.05) is 50.2 Å². The summed E-state index contributed by atoms with van der Waals surface area (Å²) >= 11 is 0. The van der Waals surface area contributed by atoms with E-state index in [1.54, 1.807) is 30.3 Å². The second-order valence-corrected chi connectivity index (χ2v) is 12.8. The first-order valence-electron chi connectivity index (χ1n) is 13.9. The first-order chi connectivity index (χ1) is 19.5. The molecule has 0 saturated heterocycles. The number of anilines is 1. The van der Waals surface area contributed by atoms with Gasteiger partial charge in [0.2, 0.25) is 21.8 Å². The van der Waals surface area contributed by atoms with E-state index in [9.17, 15) is 22.4 Å². The molecule has 1 aliphatic carbocycles. The molecule has 9 heteroatoms. The minimum Gasteiger partial charge on any atom is -0.352 e. The van der Waals surface area contributed by atoms with E-state index in [4.69, 9.17) is 0 Å². The van der Waals surface area contributed by atoms with Gasteiger partial charge in [-0.25, -0.2) is 12.8 Å². The fourth-order valence-electron chi connectivity index (χ4n) is 5.44. The minimum absolute atomic E-state index is 0.00831. The second kappa shape index (κ2) is 13.3. The summed E-state index contributed by atoms with van der Waals surface area (Å²) in [7, 11) is -3.87. The van der Waals surface area contributed by atoms with E-state index < -0.39 is 34.3 Å². The normalized spacial score (nSPS) is 14.4. The zero-order chi connectivity index (χ0) is 29.6. The van der Waals surface area contributed by atoms with Crippen LogP contribution in [0.4, 0.5) is 10.1 Å². The van der Waals surface area contributed by atoms with Crippen molar-refractivity contribution < 1.29 is 22.4 Å². The molecular weight excluding hydrogens is 541 g/mol. The van der Waals surface area contributed by atoms with Crippen LogP contribution >= 0.6 is 0 Å². The molecule has 0 spiro atoms. The Morgan fingerprint density at radius 3 is 2.17 bits per heavy atom. The quantitative estimate of drug-likeness (QED) is 0.350. The van der Waals surface area contributed by atoms with Gasteiger partial charge in [0.1, 0.15) is 18.4 Å². The molecule has 41 heavy (non-hydrogen) atoms. The molecule has 218 valence electrons. The summed E-state index contributed by atoms with van der Waals surface area (Å²) in [6, 6.07) is 19.8. The number of aryl methyl sites for hydroxylation is 2. The van der Waals surface area contributed by atoms with E-state index in [2.05, 4.69) is 5.32 Å². The number of amides is 2. The highest BCUT2D eigenvalue weighted by atomic mass is 32.2. The van der Waals surface area contributed by atoms with E-state index in [1.165, 1.54) is 11.0 Å². The van der Waals surface area contributed by atoms with Crippen molar-refractivity contribution in [2.45, 2.75) is 64.6 Å². The molecule has 2 amide bonds. The molecule has 0 aromatic heterocycles. The van der Waals surface area contributed by atoms with Gasteiger partial charge >= 0.3 is 0 Å². The Balaban J connectivity index is 1.75. The number of carbonyl (C=O) groups excluding carboxylic acids is 2. The number of rotatable bonds is 11. The molecule has 3 aromatic carbocycles. The number of nitrogens with one attached hydrogen (secondary N) is 1. The summed E-state index contributed by atoms with van der Waals surface area (Å²) in [6.07, 6.45) is 5.01. The molecule has 1 N–H and O–H groups in total. The fraction of sp³-hybridized carbons (Fsp3) is 0.375. The van der Waals surface area contributed by atoms with Gasteiger partial charge < -0.3 is 10.2 Å². The molecule has 0 heterocycles. The van der Waals surface area contributed by atoms with Crippen LogP contribution in [0.5, 0.6) is 0 Å². The van der Waals surface area contributed by atoms with Crippen LogP contribution in [0.2, 0.25) is 0 Å². The van der Waals surface area contributed by atoms with E-state index in [0.717, 1.165) is 52.9 Å². The lowest BCUT2D eigenvalue weighted by Gasteiger charge is -2.34. The number of hydrogen-bond acceptors (Lipinski definition) is 4. The number of sulfonamides is 1. The third-order valence-electron chi connectivity index (χ3n) is 7.44. The third-order valence-corrected chi connectivity index (χ3v) is 8.59. The Bertz CT molecular complexity index is 1450. The van der Waals surface area contributed by atoms with Crippen LogP contribution in [0.3, 0.4) is 0 Å². The summed E-state index contributed by atoms with van der Waals surface area (Å²) < 4.78 is 41.9. The Morgan fingerprint density at radius 2 is 1.56 bits per heavy atom. The summed E-state index contributed by atoms with van der Waals surface area (Å²) in [4.78, 5) is 29.3. The molecule has 3 aromatic rings. The van der Waals surface area contributed by atoms with E-state index >= 15 is 0 Å². The smallest absolute Gasteiger partial charge is 0.244 e. The number of benzene rings is 3. The zero-order valence-corrected chi connectivity index (χ0v) is 24.7. The van der Waals surface area contributed by atoms with Crippen LogP contribution in [0.15, 0.2) is 72.8 Å². The van der Waals surface area contributed by atoms with Crippen LogP contribution in [0, 0.1) is 19.7 Å². The molecule has 0 bridgehead atoms. The third kappa shape index (κ3) is 8.16. The maximum Gasteiger partial charge on any atom is 0.244 e. The van der Waals surface area contributed by atoms with Gasteiger partial charge in [0.15, 0.2) is 0 Å². The zero-order valence-electron chi connectivity index (χ0n) is 23.8. The highest BCUT2D eigenvalue weighted by Gasteiger charge is 2.34. The number of carbonyl (C=O) groups is 2. The topological polar surface area (TPSA) is 86.8 Å². The maximum absolute atomic E-state index is 14.9. The van der Waals surface area contributed by atoms with Crippen LogP contribution in [0.25, 0.3) is 0 Å². The summed E-state index contributed by atoms with van der Waals surface area (Å²) in [5.41, 5.74) is 3.13. The van der Waals surface area contributed by atoms with Gasteiger partial charge in [-0.2, -0.15) is 0 Å². The lowest BCUT2D eigenvalue weighted by molar-refractivity contribution is -0.140. The lowest BCUT2D eigenvalue weighted by atomic mass is 10.0. The highest BCUT2D eigenvalue weighted by molar-refractivity contribution is 7.92. The van der Waals surface area contributed by atoms with Gasteiger partial charge in [-0.3, -0.25) is 13.9 Å². The molecule has 0 unspecified atom stereocenters. The predicted molar refractivity (Wildman–Crippen MR) is 159 cm³/mol. The molecule has 0 radical (unpaired) electrons. The van der Waals surface area contributed by atoms with Crippen LogP contribution in [-0.2, 0) is 32.6 Å². The number of nitrogens with zero attached hydrogens (tertiary/aromatic N) is 2. The molecule has 4 rings (SSSR count). The van der Waals surface area contributed by atoms with Crippen molar-refractivity contribution in [3.63, 3.8) is 0 Å². The molecule has 1 atom stereocenters. The highest BCUT2D eigenvalue weighted by Crippen LogP contribution is 2.24. The Labute approximate surface area is 242 Å². The van der Waals surface area contributed by atoms with Crippen molar-refractivity contribution in [1.82, 2.24) is 10.2 Å². The van der Waals surface area contributed by atoms with Gasteiger partial charge in [-0.1, -0.05) is 67.4 Å². The van der Waals surface area contributed by atoms with Gasteiger partial charge in [0, 0.05) is 24.6 Å². The Kier molecular flexibility index (Phi) is 9.81. The standard InChI is InChI=1S/C32H38FN3O4S/c1-23-17-24(2)19-28(18-23)36(41(3,39)40)22-31(37)35(21-26-13-7-10-16-29(26)33)30(20-25-11-5-4-6-12-25)32(38)34-27-14-8-9-15-27/h4-7,10-13,16-19,27,30H,8-9,14-15,20-22H2,1-3H3,(H,34,38)/t30-/m0/s1. The Morgan fingerprint density at radius 1 is 0.951 bits per heavy atom. The average Bonchev–Trinajstić information content (AvgIpc) is 3.42. The van der Waals surface area contributed by atoms with E-state index in [0.29, 0.717) is 5.69 Å². The molecule has 7 nitrogen and oxygen atoms in total. The summed E-state index contributed by atoms with van der Waals surface area (Å²) in [6.45, 7) is 2.99. The first-order valence-corrected chi connectivity index (χ1v) is 15.8. The SMILES string of the molecule is Cc1cc(C)cc(N(CC(=O)N(Cc2ccccc2F)[C@@H](Cc2ccccc2)C(=O)NC2CCCC2)S(C)(=O)=O)c1. The van der Waals surface area contributed by atoms with Crippen molar-refractivity contribution in [2.24, 2.45) is 0 Å². The second-order valence-electron chi connectivity index (χ2n) is 10.9. The Hall–Kier alpha value is -3.72. The first kappa shape index (κ1) is 30.2. The monoisotopic (exact) mass is 579 g/mol. The predicted octanol–water partition coefficient (Wildman–Crippen LogP) is 4.91. The molecule has 1 aliphatic rings. The molecule has 1 saturated carbocycles. The van der Waals surface area contributed by atoms with Crippen LogP contribution in [-0.4, -0.2) is 50.0 Å². The van der Waals surface area contributed by atoms with Crippen molar-refractivity contribution in [1.29, 1.82) is 0 Å². The lowest BCUT2D eigenvalue weighted by Crippen LogP contribution is -2.54. The van der Waals surface area contributed by atoms with Crippen LogP contribution in [0.1, 0.15) is 47.9 Å². The minimum atomic E-state index is -3.87. The van der Waals surface area contributed by atoms with Crippen molar-refractivity contribution in [3.8, 4) is 0 Å². The van der Waals surface area contributed by atoms with Crippen molar-refractivity contribution in [3.05, 3.63) is 101 Å². The van der Waals surface area contributed by atoms with Gasteiger partial charge in [0.25, 0.3) is 0 Å². The van der Waals surface area contributed by atoms with Gasteiger partial charge in [-0.15, -0.1) is 0 Å².